The van der Waals surface area contributed by atoms with Gasteiger partial charge in [-0.2, -0.15) is 0 Å². The average molecular weight is 438 g/mol. The van der Waals surface area contributed by atoms with Gasteiger partial charge in [0.25, 0.3) is 0 Å². The Labute approximate surface area is 178 Å². The van der Waals surface area contributed by atoms with Gasteiger partial charge in [-0.25, -0.2) is 8.42 Å². The lowest BCUT2D eigenvalue weighted by atomic mass is 10.1. The van der Waals surface area contributed by atoms with Crippen molar-refractivity contribution in [1.82, 2.24) is 4.98 Å². The van der Waals surface area contributed by atoms with Crippen molar-refractivity contribution in [2.45, 2.75) is 10.6 Å². The summed E-state index contributed by atoms with van der Waals surface area (Å²) in [5.74, 6) is 6.10. The lowest BCUT2D eigenvalue weighted by molar-refractivity contribution is 0.597. The van der Waals surface area contributed by atoms with Crippen molar-refractivity contribution in [3.05, 3.63) is 94.0 Å². The maximum absolute atomic E-state index is 12.8. The van der Waals surface area contributed by atoms with E-state index in [1.54, 1.807) is 30.5 Å². The van der Waals surface area contributed by atoms with Crippen LogP contribution in [-0.2, 0) is 16.3 Å². The summed E-state index contributed by atoms with van der Waals surface area (Å²) < 4.78 is 25.9. The number of aryl methyl sites for hydroxylation is 1. The molecule has 144 valence electrons. The predicted octanol–water partition coefficient (Wildman–Crippen LogP) is 5.37. The van der Waals surface area contributed by atoms with Crippen molar-refractivity contribution < 1.29 is 8.42 Å². The van der Waals surface area contributed by atoms with E-state index in [4.69, 9.17) is 11.6 Å². The molecular weight excluding hydrogens is 422 g/mol. The van der Waals surface area contributed by atoms with Crippen LogP contribution in [0.1, 0.15) is 16.0 Å². The summed E-state index contributed by atoms with van der Waals surface area (Å²) in [4.78, 5) is 5.04. The maximum Gasteiger partial charge on any atom is 0.188 e. The molecule has 2 aromatic carbocycles. The second-order valence-corrected chi connectivity index (χ2v) is 10.3. The number of thiophene rings is 1. The van der Waals surface area contributed by atoms with E-state index in [0.29, 0.717) is 20.5 Å². The Morgan fingerprint density at radius 1 is 0.931 bits per heavy atom. The number of aromatic nitrogens is 1. The first-order chi connectivity index (χ1) is 14.0. The topological polar surface area (TPSA) is 47.0 Å². The number of hydrogen-bond donors (Lipinski definition) is 0. The Morgan fingerprint density at radius 3 is 2.55 bits per heavy atom. The number of hydrogen-bond acceptors (Lipinski definition) is 4. The summed E-state index contributed by atoms with van der Waals surface area (Å²) >= 11 is 7.07. The molecule has 0 saturated heterocycles. The molecule has 0 spiro atoms. The van der Waals surface area contributed by atoms with Gasteiger partial charge in [0.05, 0.1) is 16.1 Å². The minimum atomic E-state index is -3.38. The van der Waals surface area contributed by atoms with E-state index in [1.807, 2.05) is 42.5 Å². The van der Waals surface area contributed by atoms with Crippen molar-refractivity contribution in [3.8, 4) is 11.8 Å². The lowest BCUT2D eigenvalue weighted by Gasteiger charge is -2.06. The standard InChI is InChI=1S/C23H16ClNO2S2/c24-19-8-5-17(6-9-19)7-10-20-11-12-23(28-20)29(26,27)16-14-18-13-15-25-22-4-2-1-3-21(18)22/h1-6,8-9,11-13,15H,14,16H2. The minimum Gasteiger partial charge on any atom is -0.256 e. The third-order valence-electron chi connectivity index (χ3n) is 4.44. The van der Waals surface area contributed by atoms with Crippen LogP contribution in [0.15, 0.2) is 77.1 Å². The zero-order valence-corrected chi connectivity index (χ0v) is 17.7. The molecule has 0 aliphatic rings. The lowest BCUT2D eigenvalue weighted by Crippen LogP contribution is -2.08. The zero-order chi connectivity index (χ0) is 20.3. The van der Waals surface area contributed by atoms with E-state index in [9.17, 15) is 8.42 Å². The second-order valence-electron chi connectivity index (χ2n) is 6.43. The van der Waals surface area contributed by atoms with Crippen LogP contribution in [0.25, 0.3) is 10.9 Å². The maximum atomic E-state index is 12.8. The molecule has 0 unspecified atom stereocenters. The molecule has 0 amide bonds. The minimum absolute atomic E-state index is 0.0472. The molecule has 0 aliphatic heterocycles. The van der Waals surface area contributed by atoms with Gasteiger partial charge < -0.3 is 0 Å². The van der Waals surface area contributed by atoms with Crippen molar-refractivity contribution in [1.29, 1.82) is 0 Å². The molecule has 0 aliphatic carbocycles. The van der Waals surface area contributed by atoms with E-state index >= 15 is 0 Å². The van der Waals surface area contributed by atoms with Crippen LogP contribution in [0.5, 0.6) is 0 Å². The second kappa shape index (κ2) is 8.38. The highest BCUT2D eigenvalue weighted by molar-refractivity contribution is 7.93. The Bertz CT molecular complexity index is 1330. The molecular formula is C23H16ClNO2S2. The number of halogens is 1. The molecule has 4 aromatic rings. The number of pyridine rings is 1. The van der Waals surface area contributed by atoms with Gasteiger partial charge in [0.2, 0.25) is 0 Å². The molecule has 0 atom stereocenters. The van der Waals surface area contributed by atoms with E-state index in [2.05, 4.69) is 16.8 Å². The number of fused-ring (bicyclic) bond motifs is 1. The highest BCUT2D eigenvalue weighted by Gasteiger charge is 2.17. The third-order valence-corrected chi connectivity index (χ3v) is 7.99. The number of nitrogens with zero attached hydrogens (tertiary/aromatic N) is 1. The predicted molar refractivity (Wildman–Crippen MR) is 119 cm³/mol. The van der Waals surface area contributed by atoms with Crippen LogP contribution in [0.4, 0.5) is 0 Å². The fourth-order valence-electron chi connectivity index (χ4n) is 2.94. The third kappa shape index (κ3) is 4.68. The Balaban J connectivity index is 1.50. The first-order valence-corrected chi connectivity index (χ1v) is 11.8. The van der Waals surface area contributed by atoms with Crippen LogP contribution in [0.2, 0.25) is 5.02 Å². The number of benzene rings is 2. The molecule has 29 heavy (non-hydrogen) atoms. The number of rotatable bonds is 4. The first-order valence-electron chi connectivity index (χ1n) is 8.94. The van der Waals surface area contributed by atoms with Gasteiger partial charge in [-0.1, -0.05) is 41.6 Å². The largest absolute Gasteiger partial charge is 0.256 e. The molecule has 0 N–H and O–H groups in total. The molecule has 0 fully saturated rings. The van der Waals surface area contributed by atoms with Crippen molar-refractivity contribution in [2.24, 2.45) is 0 Å². The Morgan fingerprint density at radius 2 is 1.72 bits per heavy atom. The van der Waals surface area contributed by atoms with Gasteiger partial charge in [-0.05, 0) is 60.5 Å². The van der Waals surface area contributed by atoms with Crippen LogP contribution < -0.4 is 0 Å². The summed E-state index contributed by atoms with van der Waals surface area (Å²) in [6, 6.07) is 20.3. The van der Waals surface area contributed by atoms with Crippen LogP contribution in [0, 0.1) is 11.8 Å². The Hall–Kier alpha value is -2.65. The summed E-state index contributed by atoms with van der Waals surface area (Å²) in [5.41, 5.74) is 2.69. The average Bonchev–Trinajstić information content (AvgIpc) is 3.22. The van der Waals surface area contributed by atoms with Crippen molar-refractivity contribution >= 4 is 43.7 Å². The van der Waals surface area contributed by atoms with Gasteiger partial charge in [0.1, 0.15) is 4.21 Å². The van der Waals surface area contributed by atoms with Crippen LogP contribution in [-0.4, -0.2) is 19.2 Å². The summed E-state index contributed by atoms with van der Waals surface area (Å²) in [7, 11) is -3.38. The number of sulfone groups is 1. The number of para-hydroxylation sites is 1. The molecule has 0 radical (unpaired) electrons. The van der Waals surface area contributed by atoms with E-state index in [-0.39, 0.29) is 5.75 Å². The SMILES string of the molecule is O=S(=O)(CCc1ccnc2ccccc12)c1ccc(C#Cc2ccc(Cl)cc2)s1. The molecule has 0 saturated carbocycles. The van der Waals surface area contributed by atoms with Gasteiger partial charge in [-0.3, -0.25) is 4.98 Å². The highest BCUT2D eigenvalue weighted by atomic mass is 35.5. The molecule has 4 rings (SSSR count). The van der Waals surface area contributed by atoms with Gasteiger partial charge in [-0.15, -0.1) is 11.3 Å². The van der Waals surface area contributed by atoms with Crippen molar-refractivity contribution in [2.75, 3.05) is 5.75 Å². The van der Waals surface area contributed by atoms with E-state index in [1.165, 1.54) is 11.3 Å². The molecule has 0 bridgehead atoms. The summed E-state index contributed by atoms with van der Waals surface area (Å²) in [5, 5.41) is 1.65. The smallest absolute Gasteiger partial charge is 0.188 e. The molecule has 2 aromatic heterocycles. The monoisotopic (exact) mass is 437 g/mol. The van der Waals surface area contributed by atoms with Crippen LogP contribution >= 0.6 is 22.9 Å². The Kier molecular flexibility index (Phi) is 5.68. The molecule has 6 heteroatoms. The fraction of sp³-hybridized carbons (Fsp3) is 0.0870. The quantitative estimate of drug-likeness (QED) is 0.403. The summed E-state index contributed by atoms with van der Waals surface area (Å²) in [6.45, 7) is 0. The van der Waals surface area contributed by atoms with Crippen molar-refractivity contribution in [3.63, 3.8) is 0 Å². The van der Waals surface area contributed by atoms with Crippen LogP contribution in [0.3, 0.4) is 0 Å². The highest BCUT2D eigenvalue weighted by Crippen LogP contribution is 2.24. The van der Waals surface area contributed by atoms with E-state index in [0.717, 1.165) is 22.0 Å². The summed E-state index contributed by atoms with van der Waals surface area (Å²) in [6.07, 6.45) is 2.16. The molecule has 2 heterocycles. The van der Waals surface area contributed by atoms with Gasteiger partial charge in [0, 0.05) is 22.2 Å². The zero-order valence-electron chi connectivity index (χ0n) is 15.3. The van der Waals surface area contributed by atoms with E-state index < -0.39 is 9.84 Å². The molecule has 3 nitrogen and oxygen atoms in total. The normalized spacial score (nSPS) is 11.2. The first kappa shape index (κ1) is 19.7. The fourth-order valence-corrected chi connectivity index (χ4v) is 5.65. The van der Waals surface area contributed by atoms with Gasteiger partial charge >= 0.3 is 0 Å². The van der Waals surface area contributed by atoms with Gasteiger partial charge in [0.15, 0.2) is 9.84 Å².